The highest BCUT2D eigenvalue weighted by Crippen LogP contribution is 2.67. The smallest absolute Gasteiger partial charge is 0.0708 e. The first kappa shape index (κ1) is 31.4. The average molecular weight is 536 g/mol. The Morgan fingerprint density at radius 3 is 1.18 bits per heavy atom. The standard InChI is InChI=1S/2C15H19B.C6H16N2/c2*1-15(2)11-8-12(15)14(13(16)9-11)10-6-4-3-5-7-10;1-7(2)5-6-8(3)4/h2*3-7,11-14H,8-9H2,1-2H3;5-6H2,1-4H3/t2*11-,12+,13+,14+;/m00./s1. The summed E-state index contributed by atoms with van der Waals surface area (Å²) in [4.78, 5) is 4.36. The molecule has 0 saturated heterocycles. The van der Waals surface area contributed by atoms with Crippen LogP contribution in [0.2, 0.25) is 11.6 Å². The van der Waals surface area contributed by atoms with Crippen molar-refractivity contribution in [3.63, 3.8) is 0 Å². The second-order valence-corrected chi connectivity index (χ2v) is 15.0. The average Bonchev–Trinajstić information content (AvgIpc) is 2.93. The number of benzene rings is 2. The maximum Gasteiger partial charge on any atom is 0.0708 e. The molecule has 6 aliphatic rings. The number of nitrogens with zero attached hydrogens (tertiary/aromatic N) is 2. The van der Waals surface area contributed by atoms with Crippen molar-refractivity contribution in [2.24, 2.45) is 34.5 Å². The molecule has 0 aliphatic heterocycles. The van der Waals surface area contributed by atoms with Crippen LogP contribution in [0.25, 0.3) is 0 Å². The van der Waals surface area contributed by atoms with Gasteiger partial charge in [0.2, 0.25) is 0 Å². The van der Waals surface area contributed by atoms with Gasteiger partial charge in [0.05, 0.1) is 15.7 Å². The quantitative estimate of drug-likeness (QED) is 0.362. The molecular weight excluding hydrogens is 482 g/mol. The van der Waals surface area contributed by atoms with Gasteiger partial charge in [-0.1, -0.05) is 113 Å². The maximum absolute atomic E-state index is 6.35. The van der Waals surface area contributed by atoms with Crippen LogP contribution >= 0.6 is 0 Å². The van der Waals surface area contributed by atoms with Gasteiger partial charge in [-0.25, -0.2) is 0 Å². The second-order valence-electron chi connectivity index (χ2n) is 15.0. The molecule has 0 aromatic heterocycles. The van der Waals surface area contributed by atoms with Gasteiger partial charge in [0.1, 0.15) is 0 Å². The van der Waals surface area contributed by atoms with Gasteiger partial charge in [-0.2, -0.15) is 0 Å². The minimum Gasteiger partial charge on any atom is -0.308 e. The van der Waals surface area contributed by atoms with Crippen molar-refractivity contribution in [3.8, 4) is 0 Å². The molecule has 214 valence electrons. The summed E-state index contributed by atoms with van der Waals surface area (Å²) in [7, 11) is 21.1. The topological polar surface area (TPSA) is 6.48 Å². The third-order valence-corrected chi connectivity index (χ3v) is 11.4. The Balaban J connectivity index is 0.000000148. The van der Waals surface area contributed by atoms with Crippen molar-refractivity contribution in [3.05, 3.63) is 71.8 Å². The van der Waals surface area contributed by atoms with Crippen LogP contribution < -0.4 is 0 Å². The van der Waals surface area contributed by atoms with E-state index in [0.717, 1.165) is 36.8 Å². The van der Waals surface area contributed by atoms with Crippen molar-refractivity contribution in [2.75, 3.05) is 41.3 Å². The summed E-state index contributed by atoms with van der Waals surface area (Å²) in [6.07, 6.45) is 5.20. The fourth-order valence-corrected chi connectivity index (χ4v) is 8.39. The highest BCUT2D eigenvalue weighted by Gasteiger charge is 2.57. The third kappa shape index (κ3) is 6.59. The summed E-state index contributed by atoms with van der Waals surface area (Å²) in [6.45, 7) is 12.0. The van der Waals surface area contributed by atoms with E-state index in [1.807, 2.05) is 0 Å². The number of rotatable bonds is 5. The van der Waals surface area contributed by atoms with Crippen LogP contribution in [0.1, 0.15) is 76.3 Å². The lowest BCUT2D eigenvalue weighted by atomic mass is 9.40. The first-order chi connectivity index (χ1) is 18.8. The monoisotopic (exact) mass is 536 g/mol. The van der Waals surface area contributed by atoms with Crippen molar-refractivity contribution >= 4 is 15.7 Å². The zero-order valence-corrected chi connectivity index (χ0v) is 26.7. The zero-order valence-electron chi connectivity index (χ0n) is 26.7. The van der Waals surface area contributed by atoms with Gasteiger partial charge in [0.25, 0.3) is 0 Å². The normalized spacial score (nSPS) is 34.4. The van der Waals surface area contributed by atoms with Crippen LogP contribution in [0.3, 0.4) is 0 Å². The van der Waals surface area contributed by atoms with E-state index in [4.69, 9.17) is 15.7 Å². The van der Waals surface area contributed by atoms with E-state index in [1.165, 1.54) is 36.8 Å². The van der Waals surface area contributed by atoms with Crippen molar-refractivity contribution < 1.29 is 0 Å². The molecule has 6 saturated carbocycles. The van der Waals surface area contributed by atoms with Gasteiger partial charge in [0.15, 0.2) is 0 Å². The van der Waals surface area contributed by atoms with Crippen LogP contribution in [0.15, 0.2) is 60.7 Å². The minimum atomic E-state index is 0.374. The van der Waals surface area contributed by atoms with E-state index in [1.54, 1.807) is 0 Å². The molecule has 2 nitrogen and oxygen atoms in total. The Morgan fingerprint density at radius 2 is 0.900 bits per heavy atom. The summed E-state index contributed by atoms with van der Waals surface area (Å²) < 4.78 is 0. The summed E-state index contributed by atoms with van der Waals surface area (Å²) >= 11 is 0. The van der Waals surface area contributed by atoms with Crippen molar-refractivity contribution in [1.82, 2.24) is 9.80 Å². The van der Waals surface area contributed by atoms with Crippen LogP contribution in [-0.4, -0.2) is 66.8 Å². The lowest BCUT2D eigenvalue weighted by Crippen LogP contribution is -2.53. The van der Waals surface area contributed by atoms with Crippen molar-refractivity contribution in [2.45, 2.75) is 76.8 Å². The summed E-state index contributed by atoms with van der Waals surface area (Å²) in [6, 6.07) is 21.7. The SMILES string of the molecule is CN(C)CCN(C)C.[B][C@@H]1C[C@@H]2C[C@H]([C@H]1c1ccccc1)C2(C)C.[B][C@@H]1C[C@@H]2C[C@H]([C@H]1c1ccccc1)C2(C)C. The molecule has 8 rings (SSSR count). The molecule has 6 fully saturated rings. The fourth-order valence-electron chi connectivity index (χ4n) is 8.39. The highest BCUT2D eigenvalue weighted by atomic mass is 15.1. The predicted octanol–water partition coefficient (Wildman–Crippen LogP) is 7.70. The minimum absolute atomic E-state index is 0.374. The molecule has 0 N–H and O–H groups in total. The molecule has 0 spiro atoms. The number of likely N-dealkylation sites (N-methyl/N-ethyl adjacent to an activating group) is 2. The van der Waals surface area contributed by atoms with Gasteiger partial charge < -0.3 is 9.80 Å². The Hall–Kier alpha value is -1.51. The van der Waals surface area contributed by atoms with Gasteiger partial charge in [-0.3, -0.25) is 0 Å². The van der Waals surface area contributed by atoms with Crippen LogP contribution in [0.4, 0.5) is 0 Å². The van der Waals surface area contributed by atoms with Crippen LogP contribution in [0.5, 0.6) is 0 Å². The Bertz CT molecular complexity index is 965. The molecule has 40 heavy (non-hydrogen) atoms. The second kappa shape index (κ2) is 12.8. The van der Waals surface area contributed by atoms with Gasteiger partial charge >= 0.3 is 0 Å². The van der Waals surface area contributed by atoms with E-state index in [9.17, 15) is 0 Å². The summed E-state index contributed by atoms with van der Waals surface area (Å²) in [5.41, 5.74) is 3.92. The molecule has 0 amide bonds. The van der Waals surface area contributed by atoms with E-state index in [0.29, 0.717) is 34.3 Å². The molecule has 4 heteroatoms. The Kier molecular flexibility index (Phi) is 10.0. The lowest BCUT2D eigenvalue weighted by molar-refractivity contribution is -0.0798. The van der Waals surface area contributed by atoms with E-state index >= 15 is 0 Å². The number of hydrogen-bond donors (Lipinski definition) is 0. The van der Waals surface area contributed by atoms with Crippen molar-refractivity contribution in [1.29, 1.82) is 0 Å². The molecule has 0 unspecified atom stereocenters. The fraction of sp³-hybridized carbons (Fsp3) is 0.667. The number of fused-ring (bicyclic) bond motifs is 4. The van der Waals surface area contributed by atoms with E-state index < -0.39 is 0 Å². The third-order valence-electron chi connectivity index (χ3n) is 11.4. The molecule has 8 atom stereocenters. The first-order valence-corrected chi connectivity index (χ1v) is 15.7. The highest BCUT2D eigenvalue weighted by molar-refractivity contribution is 6.12. The molecule has 2 aromatic rings. The largest absolute Gasteiger partial charge is 0.308 e. The van der Waals surface area contributed by atoms with E-state index in [2.05, 4.69) is 126 Å². The van der Waals surface area contributed by atoms with Gasteiger partial charge in [-0.15, -0.1) is 0 Å². The lowest BCUT2D eigenvalue weighted by Gasteiger charge is -2.62. The molecule has 4 radical (unpaired) electrons. The Morgan fingerprint density at radius 1 is 0.575 bits per heavy atom. The molecule has 2 aromatic carbocycles. The molecule has 4 bridgehead atoms. The Labute approximate surface area is 249 Å². The van der Waals surface area contributed by atoms with Crippen LogP contribution in [0, 0.1) is 34.5 Å². The van der Waals surface area contributed by atoms with Gasteiger partial charge in [-0.05, 0) is 98.5 Å². The first-order valence-electron chi connectivity index (χ1n) is 15.7. The summed E-state index contributed by atoms with van der Waals surface area (Å²) in [5.74, 6) is 5.24. The summed E-state index contributed by atoms with van der Waals surface area (Å²) in [5, 5.41) is 0. The van der Waals surface area contributed by atoms with E-state index in [-0.39, 0.29) is 0 Å². The molecule has 6 aliphatic carbocycles. The molecular formula is C36H54B2N2. The van der Waals surface area contributed by atoms with Gasteiger partial charge in [0, 0.05) is 13.1 Å². The maximum atomic E-state index is 6.35. The number of hydrogen-bond acceptors (Lipinski definition) is 2. The van der Waals surface area contributed by atoms with Crippen LogP contribution in [-0.2, 0) is 0 Å². The predicted molar refractivity (Wildman–Crippen MR) is 174 cm³/mol. The molecule has 0 heterocycles. The zero-order chi connectivity index (χ0) is 29.2.